The van der Waals surface area contributed by atoms with Crippen molar-refractivity contribution in [1.82, 2.24) is 4.98 Å². The van der Waals surface area contributed by atoms with Crippen molar-refractivity contribution in [3.63, 3.8) is 0 Å². The molecule has 0 saturated carbocycles. The van der Waals surface area contributed by atoms with Crippen molar-refractivity contribution in [1.29, 1.82) is 0 Å². The van der Waals surface area contributed by atoms with E-state index in [0.29, 0.717) is 20.2 Å². The summed E-state index contributed by atoms with van der Waals surface area (Å²) in [6.45, 7) is 0. The van der Waals surface area contributed by atoms with Crippen molar-refractivity contribution in [3.8, 4) is 5.75 Å². The fraction of sp³-hybridized carbons (Fsp3) is 0. The van der Waals surface area contributed by atoms with Crippen LogP contribution in [0.5, 0.6) is 5.75 Å². The molecule has 5 heteroatoms. The van der Waals surface area contributed by atoms with Gasteiger partial charge in [-0.05, 0) is 44.6 Å². The first-order valence-corrected chi connectivity index (χ1v) is 4.52. The fourth-order valence-corrected chi connectivity index (χ4v) is 1.92. The minimum absolute atomic E-state index is 0.0659. The molecule has 0 unspecified atom stereocenters. The molecule has 58 valence electrons. The van der Waals surface area contributed by atoms with Crippen LogP contribution in [0.4, 0.5) is 0 Å². The second-order valence-corrected chi connectivity index (χ2v) is 3.70. The van der Waals surface area contributed by atoms with Crippen LogP contribution in [-0.4, -0.2) is 16.4 Å². The third-order valence-corrected chi connectivity index (χ3v) is 2.42. The molecular formula is C6H3BrINO2. The summed E-state index contributed by atoms with van der Waals surface area (Å²) >= 11 is 4.93. The Labute approximate surface area is 85.1 Å². The van der Waals surface area contributed by atoms with E-state index in [-0.39, 0.29) is 5.75 Å². The van der Waals surface area contributed by atoms with Crippen LogP contribution in [-0.2, 0) is 0 Å². The third-order valence-electron chi connectivity index (χ3n) is 1.04. The van der Waals surface area contributed by atoms with E-state index in [4.69, 9.17) is 0 Å². The van der Waals surface area contributed by atoms with E-state index in [1.807, 2.05) is 22.6 Å². The molecule has 0 fully saturated rings. The van der Waals surface area contributed by atoms with Gasteiger partial charge < -0.3 is 5.11 Å². The second kappa shape index (κ2) is 3.48. The van der Waals surface area contributed by atoms with Gasteiger partial charge in [-0.3, -0.25) is 4.79 Å². The number of pyridine rings is 1. The Bertz CT molecular complexity index is 280. The molecule has 3 nitrogen and oxygen atoms in total. The van der Waals surface area contributed by atoms with Crippen LogP contribution in [0.1, 0.15) is 10.5 Å². The molecule has 1 rings (SSSR count). The Balaban J connectivity index is 3.31. The summed E-state index contributed by atoms with van der Waals surface area (Å²) in [4.78, 5) is 14.0. The number of nitrogens with zero attached hydrogens (tertiary/aromatic N) is 1. The lowest BCUT2D eigenvalue weighted by Crippen LogP contribution is -1.89. The molecule has 0 spiro atoms. The van der Waals surface area contributed by atoms with Gasteiger partial charge in [0.2, 0.25) is 0 Å². The Morgan fingerprint density at radius 1 is 1.73 bits per heavy atom. The van der Waals surface area contributed by atoms with Crippen molar-refractivity contribution < 1.29 is 9.90 Å². The number of hydrogen-bond acceptors (Lipinski definition) is 3. The number of carbonyl (C=O) groups is 1. The number of aromatic nitrogens is 1. The van der Waals surface area contributed by atoms with E-state index in [2.05, 4.69) is 20.9 Å². The van der Waals surface area contributed by atoms with Gasteiger partial charge in [-0.2, -0.15) is 0 Å². The summed E-state index contributed by atoms with van der Waals surface area (Å²) in [7, 11) is 0. The number of aldehydes is 1. The van der Waals surface area contributed by atoms with E-state index >= 15 is 0 Å². The zero-order chi connectivity index (χ0) is 8.43. The quantitative estimate of drug-likeness (QED) is 0.487. The molecule has 0 aliphatic rings. The highest BCUT2D eigenvalue weighted by Gasteiger charge is 2.05. The number of carbonyl (C=O) groups excluding carboxylic acids is 1. The summed E-state index contributed by atoms with van der Waals surface area (Å²) in [5.74, 6) is 0.0659. The van der Waals surface area contributed by atoms with Crippen LogP contribution in [0.2, 0.25) is 0 Å². The molecule has 0 radical (unpaired) electrons. The maximum atomic E-state index is 10.3. The summed E-state index contributed by atoms with van der Waals surface area (Å²) in [6, 6.07) is 1.51. The highest BCUT2D eigenvalue weighted by Crippen LogP contribution is 2.27. The van der Waals surface area contributed by atoms with E-state index in [0.717, 1.165) is 0 Å². The van der Waals surface area contributed by atoms with Crippen molar-refractivity contribution in [3.05, 3.63) is 19.9 Å². The number of halogens is 2. The smallest absolute Gasteiger partial charge is 0.168 e. The predicted molar refractivity (Wildman–Crippen MR) is 51.7 cm³/mol. The van der Waals surface area contributed by atoms with Crippen molar-refractivity contribution in [2.45, 2.75) is 0 Å². The lowest BCUT2D eigenvalue weighted by Gasteiger charge is -1.98. The molecule has 0 saturated heterocycles. The second-order valence-electron chi connectivity index (χ2n) is 1.79. The Kier molecular flexibility index (Phi) is 2.83. The molecule has 11 heavy (non-hydrogen) atoms. The summed E-state index contributed by atoms with van der Waals surface area (Å²) < 4.78 is 0.901. The highest BCUT2D eigenvalue weighted by molar-refractivity contribution is 14.1. The maximum Gasteiger partial charge on any atom is 0.168 e. The third kappa shape index (κ3) is 1.90. The summed E-state index contributed by atoms with van der Waals surface area (Å²) in [6.07, 6.45) is 0.631. The molecule has 1 aromatic rings. The monoisotopic (exact) mass is 327 g/mol. The number of rotatable bonds is 1. The summed E-state index contributed by atoms with van der Waals surface area (Å²) in [5, 5.41) is 9.19. The first kappa shape index (κ1) is 8.92. The molecule has 0 bridgehead atoms. The molecule has 1 N–H and O–H groups in total. The van der Waals surface area contributed by atoms with Gasteiger partial charge in [-0.15, -0.1) is 0 Å². The molecule has 1 heterocycles. The van der Waals surface area contributed by atoms with E-state index < -0.39 is 0 Å². The van der Waals surface area contributed by atoms with Crippen LogP contribution >= 0.6 is 38.5 Å². The number of hydrogen-bond donors (Lipinski definition) is 1. The van der Waals surface area contributed by atoms with Crippen molar-refractivity contribution >= 4 is 44.8 Å². The zero-order valence-electron chi connectivity index (χ0n) is 5.21. The molecule has 0 aliphatic heterocycles. The molecule has 0 aromatic carbocycles. The van der Waals surface area contributed by atoms with E-state index in [1.54, 1.807) is 0 Å². The largest absolute Gasteiger partial charge is 0.504 e. The minimum Gasteiger partial charge on any atom is -0.504 e. The van der Waals surface area contributed by atoms with Gasteiger partial charge in [-0.25, -0.2) is 4.98 Å². The standard InChI is InChI=1S/C6H3BrINO2/c7-6-5(11)4(8)1-3(2-10)9-6/h1-2,11H. The average molecular weight is 328 g/mol. The number of aromatic hydroxyl groups is 1. The molecule has 1 aromatic heterocycles. The molecule has 0 amide bonds. The first-order valence-electron chi connectivity index (χ1n) is 2.65. The van der Waals surface area contributed by atoms with Crippen LogP contribution in [0.25, 0.3) is 0 Å². The normalized spacial score (nSPS) is 9.64. The van der Waals surface area contributed by atoms with Crippen LogP contribution in [0, 0.1) is 3.57 Å². The SMILES string of the molecule is O=Cc1cc(I)c(O)c(Br)n1. The predicted octanol–water partition coefficient (Wildman–Crippen LogP) is 1.97. The van der Waals surface area contributed by atoms with Gasteiger partial charge in [0, 0.05) is 0 Å². The van der Waals surface area contributed by atoms with Crippen LogP contribution < -0.4 is 0 Å². The molecule has 0 atom stereocenters. The van der Waals surface area contributed by atoms with Gasteiger partial charge in [0.1, 0.15) is 10.3 Å². The maximum absolute atomic E-state index is 10.3. The molecular weight excluding hydrogens is 325 g/mol. The van der Waals surface area contributed by atoms with Crippen LogP contribution in [0.15, 0.2) is 10.7 Å². The lowest BCUT2D eigenvalue weighted by molar-refractivity contribution is 0.111. The first-order chi connectivity index (χ1) is 5.15. The summed E-state index contributed by atoms with van der Waals surface area (Å²) in [5.41, 5.74) is 0.305. The van der Waals surface area contributed by atoms with Gasteiger partial charge in [0.05, 0.1) is 3.57 Å². The van der Waals surface area contributed by atoms with E-state index in [1.165, 1.54) is 6.07 Å². The van der Waals surface area contributed by atoms with Gasteiger partial charge in [0.25, 0.3) is 0 Å². The highest BCUT2D eigenvalue weighted by atomic mass is 127. The Hall–Kier alpha value is -0.170. The molecule has 0 aliphatic carbocycles. The topological polar surface area (TPSA) is 50.2 Å². The van der Waals surface area contributed by atoms with Crippen molar-refractivity contribution in [2.75, 3.05) is 0 Å². The minimum atomic E-state index is 0.0659. The van der Waals surface area contributed by atoms with E-state index in [9.17, 15) is 9.90 Å². The Morgan fingerprint density at radius 3 is 2.82 bits per heavy atom. The van der Waals surface area contributed by atoms with Crippen molar-refractivity contribution in [2.24, 2.45) is 0 Å². The van der Waals surface area contributed by atoms with Gasteiger partial charge in [0.15, 0.2) is 12.0 Å². The van der Waals surface area contributed by atoms with Crippen LogP contribution in [0.3, 0.4) is 0 Å². The zero-order valence-corrected chi connectivity index (χ0v) is 8.96. The fourth-order valence-electron chi connectivity index (χ4n) is 0.556. The Morgan fingerprint density at radius 2 is 2.36 bits per heavy atom. The van der Waals surface area contributed by atoms with Gasteiger partial charge >= 0.3 is 0 Å². The lowest BCUT2D eigenvalue weighted by atomic mass is 10.4. The average Bonchev–Trinajstić information content (AvgIpc) is 1.99. The van der Waals surface area contributed by atoms with Gasteiger partial charge in [-0.1, -0.05) is 0 Å².